The first-order valence-electron chi connectivity index (χ1n) is 3.47. The van der Waals surface area contributed by atoms with Gasteiger partial charge in [-0.3, -0.25) is 4.79 Å². The summed E-state index contributed by atoms with van der Waals surface area (Å²) < 4.78 is 0. The first-order chi connectivity index (χ1) is 4.29. The van der Waals surface area contributed by atoms with Crippen LogP contribution in [0.1, 0.15) is 19.3 Å². The molecule has 3 atom stereocenters. The molecule has 0 aliphatic heterocycles. The van der Waals surface area contributed by atoms with Crippen LogP contribution in [0.25, 0.3) is 0 Å². The predicted octanol–water partition coefficient (Wildman–Crippen LogP) is 1.75. The highest BCUT2D eigenvalue weighted by Crippen LogP contribution is 2.44. The normalized spacial score (nSPS) is 48.6. The quantitative estimate of drug-likeness (QED) is 0.530. The lowest BCUT2D eigenvalue weighted by molar-refractivity contribution is -0.121. The molecule has 0 amide bonds. The molecule has 9 heavy (non-hydrogen) atoms. The molecule has 0 aromatic carbocycles. The van der Waals surface area contributed by atoms with E-state index in [9.17, 15) is 4.79 Å². The molecule has 0 unspecified atom stereocenters. The van der Waals surface area contributed by atoms with Gasteiger partial charge >= 0.3 is 0 Å². The molecular weight excluding hydrogens is 180 g/mol. The van der Waals surface area contributed by atoms with E-state index in [0.717, 1.165) is 19.3 Å². The molecule has 2 rings (SSSR count). The molecule has 0 spiro atoms. The molecule has 2 bridgehead atoms. The second kappa shape index (κ2) is 1.82. The first kappa shape index (κ1) is 5.90. The minimum atomic E-state index is 0.384. The Labute approximate surface area is 62.9 Å². The van der Waals surface area contributed by atoms with Crippen molar-refractivity contribution in [2.24, 2.45) is 11.8 Å². The zero-order chi connectivity index (χ0) is 6.43. The van der Waals surface area contributed by atoms with Crippen molar-refractivity contribution in [1.82, 2.24) is 0 Å². The Morgan fingerprint density at radius 3 is 2.44 bits per heavy atom. The highest BCUT2D eigenvalue weighted by molar-refractivity contribution is 9.09. The van der Waals surface area contributed by atoms with Crippen molar-refractivity contribution in [3.63, 3.8) is 0 Å². The van der Waals surface area contributed by atoms with Gasteiger partial charge in [-0.1, -0.05) is 15.9 Å². The summed E-state index contributed by atoms with van der Waals surface area (Å²) >= 11 is 3.51. The minimum absolute atomic E-state index is 0.384. The Bertz CT molecular complexity index is 155. The third-order valence-electron chi connectivity index (χ3n) is 2.54. The standard InChI is InChI=1S/C7H9BrO/c8-6-3-4-1-2-5(6)7(4)9/h4-6H,1-3H2/t4-,5-,6-/m1/s1. The van der Waals surface area contributed by atoms with Gasteiger partial charge in [0, 0.05) is 16.7 Å². The monoisotopic (exact) mass is 188 g/mol. The molecule has 0 heterocycles. The molecular formula is C7H9BrO. The Morgan fingerprint density at radius 1 is 1.44 bits per heavy atom. The van der Waals surface area contributed by atoms with Crippen molar-refractivity contribution in [2.75, 3.05) is 0 Å². The van der Waals surface area contributed by atoms with E-state index in [1.54, 1.807) is 0 Å². The number of fused-ring (bicyclic) bond motifs is 2. The van der Waals surface area contributed by atoms with E-state index < -0.39 is 0 Å². The van der Waals surface area contributed by atoms with Gasteiger partial charge in [0.1, 0.15) is 5.78 Å². The molecule has 50 valence electrons. The van der Waals surface area contributed by atoms with Gasteiger partial charge in [0.05, 0.1) is 0 Å². The number of rotatable bonds is 0. The number of ketones is 1. The van der Waals surface area contributed by atoms with Crippen LogP contribution in [-0.2, 0) is 4.79 Å². The molecule has 2 saturated carbocycles. The van der Waals surface area contributed by atoms with Crippen molar-refractivity contribution >= 4 is 21.7 Å². The second-order valence-electron chi connectivity index (χ2n) is 3.03. The smallest absolute Gasteiger partial charge is 0.140 e. The summed E-state index contributed by atoms with van der Waals surface area (Å²) in [5, 5.41) is 0. The maximum Gasteiger partial charge on any atom is 0.140 e. The van der Waals surface area contributed by atoms with E-state index in [4.69, 9.17) is 0 Å². The summed E-state index contributed by atoms with van der Waals surface area (Å²) in [5.74, 6) is 1.34. The first-order valence-corrected chi connectivity index (χ1v) is 4.38. The molecule has 0 radical (unpaired) electrons. The van der Waals surface area contributed by atoms with Gasteiger partial charge in [0.25, 0.3) is 0 Å². The lowest BCUT2D eigenvalue weighted by Crippen LogP contribution is -2.10. The summed E-state index contributed by atoms with van der Waals surface area (Å²) in [6.45, 7) is 0. The van der Waals surface area contributed by atoms with Crippen molar-refractivity contribution in [3.8, 4) is 0 Å². The lowest BCUT2D eigenvalue weighted by atomic mass is 10.0. The number of carbonyl (C=O) groups is 1. The Balaban J connectivity index is 2.26. The average Bonchev–Trinajstić information content (AvgIpc) is 2.25. The van der Waals surface area contributed by atoms with E-state index in [1.165, 1.54) is 0 Å². The van der Waals surface area contributed by atoms with Gasteiger partial charge in [-0.2, -0.15) is 0 Å². The third-order valence-corrected chi connectivity index (χ3v) is 3.55. The van der Waals surface area contributed by atoms with Crippen LogP contribution in [0.3, 0.4) is 0 Å². The summed E-state index contributed by atoms with van der Waals surface area (Å²) in [7, 11) is 0. The molecule has 2 heteroatoms. The third kappa shape index (κ3) is 0.689. The number of carbonyl (C=O) groups excluding carboxylic acids is 1. The average molecular weight is 189 g/mol. The Kier molecular flexibility index (Phi) is 1.19. The van der Waals surface area contributed by atoms with E-state index in [2.05, 4.69) is 15.9 Å². The van der Waals surface area contributed by atoms with E-state index in [1.807, 2.05) is 0 Å². The fraction of sp³-hybridized carbons (Fsp3) is 0.857. The molecule has 1 nitrogen and oxygen atoms in total. The van der Waals surface area contributed by atoms with Crippen LogP contribution in [0.15, 0.2) is 0 Å². The van der Waals surface area contributed by atoms with Gasteiger partial charge in [0.2, 0.25) is 0 Å². The molecule has 2 aliphatic rings. The Morgan fingerprint density at radius 2 is 2.22 bits per heavy atom. The number of halogens is 1. The SMILES string of the molecule is O=C1[C@@H]2CC[C@@H]1[C@H](Br)C2. The number of alkyl halides is 1. The van der Waals surface area contributed by atoms with E-state index in [0.29, 0.717) is 22.4 Å². The van der Waals surface area contributed by atoms with Crippen molar-refractivity contribution in [1.29, 1.82) is 0 Å². The Hall–Kier alpha value is 0.150. The zero-order valence-electron chi connectivity index (χ0n) is 5.14. The van der Waals surface area contributed by atoms with Crippen LogP contribution in [-0.4, -0.2) is 10.6 Å². The zero-order valence-corrected chi connectivity index (χ0v) is 6.73. The van der Waals surface area contributed by atoms with Crippen LogP contribution in [0, 0.1) is 11.8 Å². The van der Waals surface area contributed by atoms with Crippen LogP contribution in [0.2, 0.25) is 0 Å². The maximum absolute atomic E-state index is 11.1. The molecule has 2 aliphatic carbocycles. The van der Waals surface area contributed by atoms with Gasteiger partial charge in [-0.05, 0) is 19.3 Å². The van der Waals surface area contributed by atoms with E-state index in [-0.39, 0.29) is 0 Å². The largest absolute Gasteiger partial charge is 0.299 e. The van der Waals surface area contributed by atoms with Crippen molar-refractivity contribution in [3.05, 3.63) is 0 Å². The fourth-order valence-corrected chi connectivity index (χ4v) is 2.97. The maximum atomic E-state index is 11.1. The topological polar surface area (TPSA) is 17.1 Å². The van der Waals surface area contributed by atoms with Crippen LogP contribution in [0.5, 0.6) is 0 Å². The van der Waals surface area contributed by atoms with Crippen molar-refractivity contribution < 1.29 is 4.79 Å². The molecule has 2 fully saturated rings. The summed E-state index contributed by atoms with van der Waals surface area (Å²) in [6.07, 6.45) is 3.40. The van der Waals surface area contributed by atoms with Gasteiger partial charge in [-0.25, -0.2) is 0 Å². The minimum Gasteiger partial charge on any atom is -0.299 e. The summed E-state index contributed by atoms with van der Waals surface area (Å²) in [5.41, 5.74) is 0. The highest BCUT2D eigenvalue weighted by Gasteiger charge is 2.45. The second-order valence-corrected chi connectivity index (χ2v) is 4.21. The summed E-state index contributed by atoms with van der Waals surface area (Å²) in [6, 6.07) is 0. The lowest BCUT2D eigenvalue weighted by Gasteiger charge is -2.11. The van der Waals surface area contributed by atoms with Crippen molar-refractivity contribution in [2.45, 2.75) is 24.1 Å². The van der Waals surface area contributed by atoms with Crippen LogP contribution in [0.4, 0.5) is 0 Å². The van der Waals surface area contributed by atoms with E-state index >= 15 is 0 Å². The molecule has 0 aromatic rings. The van der Waals surface area contributed by atoms with Gasteiger partial charge in [0.15, 0.2) is 0 Å². The van der Waals surface area contributed by atoms with Gasteiger partial charge < -0.3 is 0 Å². The fourth-order valence-electron chi connectivity index (χ4n) is 2.00. The van der Waals surface area contributed by atoms with Crippen LogP contribution < -0.4 is 0 Å². The number of Topliss-reactive ketones (excluding diaryl/α,β-unsaturated/α-hetero) is 1. The molecule has 0 saturated heterocycles. The highest BCUT2D eigenvalue weighted by atomic mass is 79.9. The van der Waals surface area contributed by atoms with Crippen LogP contribution >= 0.6 is 15.9 Å². The van der Waals surface area contributed by atoms with Gasteiger partial charge in [-0.15, -0.1) is 0 Å². The predicted molar refractivity (Wildman–Crippen MR) is 38.6 cm³/mol. The molecule has 0 aromatic heterocycles. The molecule has 0 N–H and O–H groups in total. The number of hydrogen-bond donors (Lipinski definition) is 0. The summed E-state index contributed by atoms with van der Waals surface area (Å²) in [4.78, 5) is 11.7. The number of hydrogen-bond acceptors (Lipinski definition) is 1.